The topological polar surface area (TPSA) is 52.5 Å². The maximum atomic E-state index is 9.30. The smallest absolute Gasteiger partial charge is 0.0667 e. The molecule has 0 rings (SSSR count). The van der Waals surface area contributed by atoms with Crippen LogP contribution in [0, 0.1) is 5.92 Å². The minimum Gasteiger partial charge on any atom is -0.395 e. The lowest BCUT2D eigenvalue weighted by atomic mass is 10.1. The Kier molecular flexibility index (Phi) is 6.51. The van der Waals surface area contributed by atoms with E-state index in [1.807, 2.05) is 0 Å². The van der Waals surface area contributed by atoms with Gasteiger partial charge in [-0.1, -0.05) is 13.8 Å². The lowest BCUT2D eigenvalue weighted by Crippen LogP contribution is -2.29. The molecule has 0 aromatic heterocycles. The Bertz CT molecular complexity index is 86.2. The van der Waals surface area contributed by atoms with Crippen LogP contribution >= 0.6 is 0 Å². The van der Waals surface area contributed by atoms with Crippen molar-refractivity contribution in [1.29, 1.82) is 0 Å². The maximum absolute atomic E-state index is 9.30. The summed E-state index contributed by atoms with van der Waals surface area (Å²) in [5.74, 6) is 0.529. The van der Waals surface area contributed by atoms with Crippen molar-refractivity contribution >= 4 is 0 Å². The molecule has 0 aromatic carbocycles. The Morgan fingerprint density at radius 3 is 2.45 bits per heavy atom. The van der Waals surface area contributed by atoms with Gasteiger partial charge < -0.3 is 15.5 Å². The van der Waals surface area contributed by atoms with Gasteiger partial charge in [0.2, 0.25) is 0 Å². The van der Waals surface area contributed by atoms with E-state index in [1.54, 1.807) is 0 Å². The fourth-order valence-corrected chi connectivity index (χ4v) is 0.975. The van der Waals surface area contributed by atoms with Gasteiger partial charge in [0.15, 0.2) is 0 Å². The molecule has 0 fully saturated rings. The van der Waals surface area contributed by atoms with E-state index >= 15 is 0 Å². The molecule has 0 aliphatic rings. The molecule has 0 bridgehead atoms. The summed E-state index contributed by atoms with van der Waals surface area (Å²) >= 11 is 0. The van der Waals surface area contributed by atoms with Crippen molar-refractivity contribution in [3.63, 3.8) is 0 Å². The first-order valence-electron chi connectivity index (χ1n) is 4.16. The van der Waals surface area contributed by atoms with Crippen LogP contribution in [0.2, 0.25) is 0 Å². The zero-order chi connectivity index (χ0) is 8.69. The van der Waals surface area contributed by atoms with Gasteiger partial charge in [-0.2, -0.15) is 0 Å². The van der Waals surface area contributed by atoms with E-state index in [0.29, 0.717) is 19.0 Å². The van der Waals surface area contributed by atoms with Crippen LogP contribution < -0.4 is 5.32 Å². The highest BCUT2D eigenvalue weighted by Gasteiger charge is 2.04. The second-order valence-electron chi connectivity index (χ2n) is 3.21. The van der Waals surface area contributed by atoms with Crippen LogP contribution in [-0.2, 0) is 0 Å². The molecule has 0 saturated carbocycles. The Labute approximate surface area is 68.4 Å². The molecule has 0 aliphatic carbocycles. The number of rotatable bonds is 6. The molecule has 0 amide bonds. The molecule has 3 heteroatoms. The number of aliphatic hydroxyl groups is 2. The molecule has 0 radical (unpaired) electrons. The summed E-state index contributed by atoms with van der Waals surface area (Å²) in [4.78, 5) is 0. The van der Waals surface area contributed by atoms with E-state index in [1.165, 1.54) is 0 Å². The standard InChI is InChI=1S/C8H19NO2/c1-7(2)5-8(11)6-9-3-4-10/h7-11H,3-6H2,1-2H3/t8-/m1/s1. The van der Waals surface area contributed by atoms with Crippen molar-refractivity contribution < 1.29 is 10.2 Å². The lowest BCUT2D eigenvalue weighted by Gasteiger charge is -2.12. The zero-order valence-electron chi connectivity index (χ0n) is 7.38. The van der Waals surface area contributed by atoms with E-state index in [-0.39, 0.29) is 12.7 Å². The van der Waals surface area contributed by atoms with E-state index in [0.717, 1.165) is 6.42 Å². The van der Waals surface area contributed by atoms with Gasteiger partial charge in [-0.3, -0.25) is 0 Å². The minimum atomic E-state index is -0.276. The van der Waals surface area contributed by atoms with Crippen molar-refractivity contribution in [3.05, 3.63) is 0 Å². The Morgan fingerprint density at radius 1 is 1.36 bits per heavy atom. The van der Waals surface area contributed by atoms with E-state index in [4.69, 9.17) is 5.11 Å². The van der Waals surface area contributed by atoms with Gasteiger partial charge in [-0.15, -0.1) is 0 Å². The van der Waals surface area contributed by atoms with Gasteiger partial charge >= 0.3 is 0 Å². The van der Waals surface area contributed by atoms with Crippen molar-refractivity contribution in [2.24, 2.45) is 5.92 Å². The number of hydrogen-bond donors (Lipinski definition) is 3. The summed E-state index contributed by atoms with van der Waals surface area (Å²) in [6, 6.07) is 0. The van der Waals surface area contributed by atoms with Gasteiger partial charge in [0.25, 0.3) is 0 Å². The first-order valence-corrected chi connectivity index (χ1v) is 4.16. The first kappa shape index (κ1) is 10.9. The highest BCUT2D eigenvalue weighted by Crippen LogP contribution is 2.02. The van der Waals surface area contributed by atoms with Crippen molar-refractivity contribution in [3.8, 4) is 0 Å². The Balaban J connectivity index is 3.15. The average Bonchev–Trinajstić information content (AvgIpc) is 1.86. The molecular weight excluding hydrogens is 142 g/mol. The van der Waals surface area contributed by atoms with Crippen molar-refractivity contribution in [2.45, 2.75) is 26.4 Å². The van der Waals surface area contributed by atoms with Crippen LogP contribution in [0.3, 0.4) is 0 Å². The molecule has 0 saturated heterocycles. The third-order valence-corrected chi connectivity index (χ3v) is 1.41. The number of nitrogens with one attached hydrogen (secondary N) is 1. The van der Waals surface area contributed by atoms with Crippen LogP contribution in [0.1, 0.15) is 20.3 Å². The number of hydrogen-bond acceptors (Lipinski definition) is 3. The minimum absolute atomic E-state index is 0.133. The van der Waals surface area contributed by atoms with Gasteiger partial charge in [0, 0.05) is 13.1 Å². The van der Waals surface area contributed by atoms with E-state index in [2.05, 4.69) is 19.2 Å². The van der Waals surface area contributed by atoms with Crippen LogP contribution in [0.5, 0.6) is 0 Å². The summed E-state index contributed by atoms with van der Waals surface area (Å²) in [6.45, 7) is 5.44. The fourth-order valence-electron chi connectivity index (χ4n) is 0.975. The van der Waals surface area contributed by atoms with E-state index in [9.17, 15) is 5.11 Å². The Morgan fingerprint density at radius 2 is 2.00 bits per heavy atom. The summed E-state index contributed by atoms with van der Waals surface area (Å²) in [5, 5.41) is 20.7. The molecular formula is C8H19NO2. The van der Waals surface area contributed by atoms with Gasteiger partial charge in [-0.05, 0) is 12.3 Å². The summed E-state index contributed by atoms with van der Waals surface area (Å²) in [5.41, 5.74) is 0. The van der Waals surface area contributed by atoms with Crippen LogP contribution in [0.15, 0.2) is 0 Å². The lowest BCUT2D eigenvalue weighted by molar-refractivity contribution is 0.144. The highest BCUT2D eigenvalue weighted by molar-refractivity contribution is 4.61. The van der Waals surface area contributed by atoms with Crippen molar-refractivity contribution in [1.82, 2.24) is 5.32 Å². The third kappa shape index (κ3) is 7.78. The SMILES string of the molecule is CC(C)C[C@@H](O)CNCCO. The zero-order valence-corrected chi connectivity index (χ0v) is 7.38. The van der Waals surface area contributed by atoms with E-state index < -0.39 is 0 Å². The van der Waals surface area contributed by atoms with Gasteiger partial charge in [0.05, 0.1) is 12.7 Å². The van der Waals surface area contributed by atoms with Crippen molar-refractivity contribution in [2.75, 3.05) is 19.7 Å². The molecule has 3 N–H and O–H groups in total. The molecule has 0 heterocycles. The molecule has 0 aromatic rings. The van der Waals surface area contributed by atoms with Gasteiger partial charge in [0.1, 0.15) is 0 Å². The van der Waals surface area contributed by atoms with Crippen LogP contribution in [-0.4, -0.2) is 36.0 Å². The maximum Gasteiger partial charge on any atom is 0.0667 e. The molecule has 0 unspecified atom stereocenters. The Hall–Kier alpha value is -0.120. The summed E-state index contributed by atoms with van der Waals surface area (Å²) < 4.78 is 0. The fraction of sp³-hybridized carbons (Fsp3) is 1.00. The molecule has 0 spiro atoms. The van der Waals surface area contributed by atoms with Gasteiger partial charge in [-0.25, -0.2) is 0 Å². The summed E-state index contributed by atoms with van der Waals surface area (Å²) in [7, 11) is 0. The predicted octanol–water partition coefficient (Wildman–Crippen LogP) is -0.0247. The van der Waals surface area contributed by atoms with Crippen LogP contribution in [0.4, 0.5) is 0 Å². The summed E-state index contributed by atoms with van der Waals surface area (Å²) in [6.07, 6.45) is 0.542. The largest absolute Gasteiger partial charge is 0.395 e. The molecule has 68 valence electrons. The predicted molar refractivity (Wildman–Crippen MR) is 45.4 cm³/mol. The second-order valence-corrected chi connectivity index (χ2v) is 3.21. The first-order chi connectivity index (χ1) is 5.16. The second kappa shape index (κ2) is 6.58. The molecule has 3 nitrogen and oxygen atoms in total. The monoisotopic (exact) mass is 161 g/mol. The molecule has 0 aliphatic heterocycles. The highest BCUT2D eigenvalue weighted by atomic mass is 16.3. The number of aliphatic hydroxyl groups excluding tert-OH is 2. The molecule has 1 atom stereocenters. The average molecular weight is 161 g/mol. The quantitative estimate of drug-likeness (QED) is 0.480. The normalized spacial score (nSPS) is 13.9. The third-order valence-electron chi connectivity index (χ3n) is 1.41. The van der Waals surface area contributed by atoms with Crippen LogP contribution in [0.25, 0.3) is 0 Å². The molecule has 11 heavy (non-hydrogen) atoms.